The third-order valence-corrected chi connectivity index (χ3v) is 5.58. The first-order valence-electron chi connectivity index (χ1n) is 11.7. The zero-order valence-electron chi connectivity index (χ0n) is 21.9. The number of phenolic OH excluding ortho intramolecular Hbond substituents is 1. The Bertz CT molecular complexity index is 1070. The Morgan fingerprint density at radius 3 is 2.09 bits per heavy atom. The standard InChI is InChI=1S/C27H37N3O5/c1-9-30(25(33)19(5)28-26(34)35-27(6,7)8)22(20-15-11-14-18(4)23(20)31)24(32)29-21-16(2)12-10-13-17(21)3/h10-15,19,22,31H,9H2,1-8H3,(H,28,34)(H,29,32). The molecule has 35 heavy (non-hydrogen) atoms. The van der Waals surface area contributed by atoms with Crippen LogP contribution >= 0.6 is 0 Å². The Morgan fingerprint density at radius 2 is 1.54 bits per heavy atom. The number of hydrogen-bond donors (Lipinski definition) is 3. The van der Waals surface area contributed by atoms with Crippen LogP contribution in [0.1, 0.15) is 62.9 Å². The maximum atomic E-state index is 13.7. The van der Waals surface area contributed by atoms with Gasteiger partial charge in [-0.15, -0.1) is 0 Å². The third-order valence-electron chi connectivity index (χ3n) is 5.58. The van der Waals surface area contributed by atoms with Gasteiger partial charge in [0.2, 0.25) is 5.91 Å². The highest BCUT2D eigenvalue weighted by atomic mass is 16.6. The van der Waals surface area contributed by atoms with Crippen molar-refractivity contribution in [3.05, 3.63) is 58.7 Å². The smallest absolute Gasteiger partial charge is 0.408 e. The zero-order valence-corrected chi connectivity index (χ0v) is 21.9. The Balaban J connectivity index is 2.46. The number of rotatable bonds is 7. The Labute approximate surface area is 207 Å². The summed E-state index contributed by atoms with van der Waals surface area (Å²) in [6, 6.07) is 8.65. The van der Waals surface area contributed by atoms with Gasteiger partial charge >= 0.3 is 6.09 Å². The lowest BCUT2D eigenvalue weighted by atomic mass is 9.99. The number of aryl methyl sites for hydroxylation is 3. The molecule has 8 heteroatoms. The molecule has 0 saturated heterocycles. The average molecular weight is 484 g/mol. The average Bonchev–Trinajstić information content (AvgIpc) is 2.75. The van der Waals surface area contributed by atoms with Crippen LogP contribution in [0.5, 0.6) is 5.75 Å². The van der Waals surface area contributed by atoms with E-state index >= 15 is 0 Å². The molecule has 0 spiro atoms. The number of hydrogen-bond acceptors (Lipinski definition) is 5. The van der Waals surface area contributed by atoms with Crippen molar-refractivity contribution in [3.8, 4) is 5.75 Å². The number of alkyl carbamates (subject to hydrolysis) is 1. The molecule has 2 atom stereocenters. The minimum Gasteiger partial charge on any atom is -0.507 e. The van der Waals surface area contributed by atoms with E-state index in [1.807, 2.05) is 32.0 Å². The molecule has 0 aliphatic heterocycles. The lowest BCUT2D eigenvalue weighted by Crippen LogP contribution is -2.51. The van der Waals surface area contributed by atoms with Gasteiger partial charge in [0.15, 0.2) is 0 Å². The van der Waals surface area contributed by atoms with E-state index < -0.39 is 35.6 Å². The Morgan fingerprint density at radius 1 is 1.00 bits per heavy atom. The van der Waals surface area contributed by atoms with Crippen LogP contribution in [0.3, 0.4) is 0 Å². The summed E-state index contributed by atoms with van der Waals surface area (Å²) in [4.78, 5) is 40.8. The summed E-state index contributed by atoms with van der Waals surface area (Å²) < 4.78 is 5.26. The number of phenols is 1. The molecule has 8 nitrogen and oxygen atoms in total. The van der Waals surface area contributed by atoms with E-state index in [1.54, 1.807) is 52.8 Å². The van der Waals surface area contributed by atoms with Gasteiger partial charge in [-0.1, -0.05) is 36.4 Å². The topological polar surface area (TPSA) is 108 Å². The number of carbonyl (C=O) groups excluding carboxylic acids is 3. The zero-order chi connectivity index (χ0) is 26.5. The number of nitrogens with one attached hydrogen (secondary N) is 2. The second kappa shape index (κ2) is 11.3. The van der Waals surface area contributed by atoms with Crippen LogP contribution in [0.25, 0.3) is 0 Å². The van der Waals surface area contributed by atoms with E-state index in [-0.39, 0.29) is 12.3 Å². The molecule has 0 fully saturated rings. The predicted octanol–water partition coefficient (Wildman–Crippen LogP) is 4.76. The van der Waals surface area contributed by atoms with Crippen LogP contribution in [0.15, 0.2) is 36.4 Å². The van der Waals surface area contributed by atoms with Crippen molar-refractivity contribution in [3.63, 3.8) is 0 Å². The largest absolute Gasteiger partial charge is 0.507 e. The molecule has 0 aromatic heterocycles. The fourth-order valence-corrected chi connectivity index (χ4v) is 3.82. The fraction of sp³-hybridized carbons (Fsp3) is 0.444. The van der Waals surface area contributed by atoms with E-state index in [2.05, 4.69) is 10.6 Å². The highest BCUT2D eigenvalue weighted by Crippen LogP contribution is 2.33. The maximum Gasteiger partial charge on any atom is 0.408 e. The highest BCUT2D eigenvalue weighted by molar-refractivity contribution is 6.00. The highest BCUT2D eigenvalue weighted by Gasteiger charge is 2.35. The first kappa shape index (κ1) is 27.7. The molecule has 2 aromatic carbocycles. The molecule has 3 amide bonds. The van der Waals surface area contributed by atoms with E-state index in [1.165, 1.54) is 11.8 Å². The first-order chi connectivity index (χ1) is 16.3. The number of amides is 3. The minimum absolute atomic E-state index is 0.0619. The second-order valence-electron chi connectivity index (χ2n) is 9.66. The van der Waals surface area contributed by atoms with Gasteiger partial charge < -0.3 is 25.4 Å². The number of nitrogens with zero attached hydrogens (tertiary/aromatic N) is 1. The van der Waals surface area contributed by atoms with Crippen molar-refractivity contribution in [1.29, 1.82) is 0 Å². The van der Waals surface area contributed by atoms with E-state index in [4.69, 9.17) is 4.74 Å². The lowest BCUT2D eigenvalue weighted by Gasteiger charge is -2.33. The van der Waals surface area contributed by atoms with E-state index in [0.29, 0.717) is 16.8 Å². The number of benzene rings is 2. The number of ether oxygens (including phenoxy) is 1. The van der Waals surface area contributed by atoms with Gasteiger partial charge in [-0.3, -0.25) is 9.59 Å². The molecular weight excluding hydrogens is 446 g/mol. The molecule has 190 valence electrons. The van der Waals surface area contributed by atoms with Gasteiger partial charge in [0, 0.05) is 17.8 Å². The van der Waals surface area contributed by atoms with Crippen LogP contribution < -0.4 is 10.6 Å². The summed E-state index contributed by atoms with van der Waals surface area (Å²) in [5.41, 5.74) is 2.56. The number of para-hydroxylation sites is 2. The van der Waals surface area contributed by atoms with Crippen molar-refractivity contribution in [2.75, 3.05) is 11.9 Å². The van der Waals surface area contributed by atoms with Gasteiger partial charge in [-0.05, 0) is 72.1 Å². The SMILES string of the molecule is CCN(C(=O)C(C)NC(=O)OC(C)(C)C)C(C(=O)Nc1c(C)cccc1C)c1cccc(C)c1O. The third kappa shape index (κ3) is 6.97. The Hall–Kier alpha value is -3.55. The molecule has 0 radical (unpaired) electrons. The summed E-state index contributed by atoms with van der Waals surface area (Å²) >= 11 is 0. The second-order valence-corrected chi connectivity index (χ2v) is 9.66. The molecule has 2 rings (SSSR count). The van der Waals surface area contributed by atoms with Crippen molar-refractivity contribution in [2.24, 2.45) is 0 Å². The molecule has 3 N–H and O–H groups in total. The number of carbonyl (C=O) groups is 3. The van der Waals surface area contributed by atoms with Gasteiger partial charge in [-0.25, -0.2) is 4.79 Å². The number of aromatic hydroxyl groups is 1. The van der Waals surface area contributed by atoms with Crippen molar-refractivity contribution in [2.45, 2.75) is 73.1 Å². The van der Waals surface area contributed by atoms with E-state index in [9.17, 15) is 19.5 Å². The number of anilines is 1. The molecular formula is C27H37N3O5. The summed E-state index contributed by atoms with van der Waals surface area (Å²) in [6.07, 6.45) is -0.732. The summed E-state index contributed by atoms with van der Waals surface area (Å²) in [6.45, 7) is 14.1. The maximum absolute atomic E-state index is 13.7. The number of likely N-dealkylation sites (N-methyl/N-ethyl adjacent to an activating group) is 1. The summed E-state index contributed by atoms with van der Waals surface area (Å²) in [7, 11) is 0. The van der Waals surface area contributed by atoms with Crippen LogP contribution in [-0.2, 0) is 14.3 Å². The summed E-state index contributed by atoms with van der Waals surface area (Å²) in [5, 5.41) is 16.3. The predicted molar refractivity (Wildman–Crippen MR) is 136 cm³/mol. The normalized spacial score (nSPS) is 12.9. The van der Waals surface area contributed by atoms with Gasteiger partial charge in [0.1, 0.15) is 23.4 Å². The quantitative estimate of drug-likeness (QED) is 0.526. The molecule has 0 aliphatic carbocycles. The van der Waals surface area contributed by atoms with Gasteiger partial charge in [0.05, 0.1) is 0 Å². The Kier molecular flexibility index (Phi) is 8.90. The van der Waals surface area contributed by atoms with Crippen molar-refractivity contribution in [1.82, 2.24) is 10.2 Å². The molecule has 0 aliphatic rings. The van der Waals surface area contributed by atoms with Crippen LogP contribution in [0.4, 0.5) is 10.5 Å². The fourth-order valence-electron chi connectivity index (χ4n) is 3.82. The minimum atomic E-state index is -1.13. The van der Waals surface area contributed by atoms with Crippen LogP contribution in [-0.4, -0.2) is 46.1 Å². The van der Waals surface area contributed by atoms with Gasteiger partial charge in [-0.2, -0.15) is 0 Å². The lowest BCUT2D eigenvalue weighted by molar-refractivity contribution is -0.140. The molecule has 0 heterocycles. The first-order valence-corrected chi connectivity index (χ1v) is 11.7. The molecule has 2 unspecified atom stereocenters. The van der Waals surface area contributed by atoms with E-state index in [0.717, 1.165) is 11.1 Å². The molecule has 2 aromatic rings. The van der Waals surface area contributed by atoms with Crippen LogP contribution in [0, 0.1) is 20.8 Å². The monoisotopic (exact) mass is 483 g/mol. The van der Waals surface area contributed by atoms with Crippen molar-refractivity contribution < 1.29 is 24.2 Å². The van der Waals surface area contributed by atoms with Crippen molar-refractivity contribution >= 4 is 23.6 Å². The molecule has 0 saturated carbocycles. The summed E-state index contributed by atoms with van der Waals surface area (Å²) in [5.74, 6) is -1.02. The van der Waals surface area contributed by atoms with Gasteiger partial charge in [0.25, 0.3) is 5.91 Å². The molecule has 0 bridgehead atoms. The van der Waals surface area contributed by atoms with Crippen LogP contribution in [0.2, 0.25) is 0 Å².